The summed E-state index contributed by atoms with van der Waals surface area (Å²) in [4.78, 5) is 23.6. The Morgan fingerprint density at radius 2 is 1.93 bits per heavy atom. The van der Waals surface area contributed by atoms with Crippen LogP contribution in [0.3, 0.4) is 0 Å². The number of primary amides is 1. The average Bonchev–Trinajstić information content (AvgIpc) is 2.88. The first-order valence-electron chi connectivity index (χ1n) is 12.3. The summed E-state index contributed by atoms with van der Waals surface area (Å²) in [7, 11) is -4.59. The Balaban J connectivity index is 1.93. The highest BCUT2D eigenvalue weighted by Crippen LogP contribution is 2.30. The second-order valence-electron chi connectivity index (χ2n) is 8.98. The first-order valence-corrected chi connectivity index (χ1v) is 13.9. The van der Waals surface area contributed by atoms with Gasteiger partial charge in [-0.3, -0.25) is 24.3 Å². The molecule has 0 aliphatic carbocycles. The molecule has 3 rings (SSSR count). The number of anilines is 1. The molecule has 0 aromatic heterocycles. The number of hydrogen-bond donors (Lipinski definition) is 4. The Kier molecular flexibility index (Phi) is 9.82. The summed E-state index contributed by atoms with van der Waals surface area (Å²) < 4.78 is 47.7. The molecular weight excluding hydrogens is 543 g/mol. The zero-order valence-electron chi connectivity index (χ0n) is 21.8. The van der Waals surface area contributed by atoms with Crippen molar-refractivity contribution in [2.24, 2.45) is 16.6 Å². The molecule has 0 saturated carbocycles. The number of carbonyl (C=O) groups is 2. The largest absolute Gasteiger partial charge is 0.489 e. The summed E-state index contributed by atoms with van der Waals surface area (Å²) in [6.45, 7) is 2.23. The van der Waals surface area contributed by atoms with Gasteiger partial charge < -0.3 is 21.3 Å². The number of halogens is 1. The van der Waals surface area contributed by atoms with Crippen LogP contribution < -0.4 is 20.5 Å². The summed E-state index contributed by atoms with van der Waals surface area (Å²) in [5.74, 6) is -4.90. The van der Waals surface area contributed by atoms with Crippen molar-refractivity contribution in [3.8, 4) is 5.75 Å². The number of sulfonamides is 1. The lowest BCUT2D eigenvalue weighted by Gasteiger charge is -2.31. The Morgan fingerprint density at radius 3 is 2.52 bits per heavy atom. The maximum atomic E-state index is 15.2. The molecule has 1 aliphatic rings. The summed E-state index contributed by atoms with van der Waals surface area (Å²) >= 11 is 0. The number of benzene rings is 2. The van der Waals surface area contributed by atoms with Gasteiger partial charge in [0.25, 0.3) is 5.91 Å². The van der Waals surface area contributed by atoms with Crippen molar-refractivity contribution < 1.29 is 32.2 Å². The fourth-order valence-corrected chi connectivity index (χ4v) is 5.35. The minimum absolute atomic E-state index is 0.126. The zero-order chi connectivity index (χ0) is 29.4. The summed E-state index contributed by atoms with van der Waals surface area (Å²) in [5.41, 5.74) is 11.4. The van der Waals surface area contributed by atoms with Crippen LogP contribution in [0, 0.1) is 5.41 Å². The van der Waals surface area contributed by atoms with Gasteiger partial charge in [0.15, 0.2) is 5.75 Å². The van der Waals surface area contributed by atoms with Crippen LogP contribution in [0.25, 0.3) is 6.08 Å². The van der Waals surface area contributed by atoms with E-state index < -0.39 is 40.0 Å². The summed E-state index contributed by atoms with van der Waals surface area (Å²) in [6, 6.07) is 9.85. The van der Waals surface area contributed by atoms with Gasteiger partial charge in [-0.25, -0.2) is 12.8 Å². The lowest BCUT2D eigenvalue weighted by atomic mass is 10.1. The topological polar surface area (TPSA) is 192 Å². The third-order valence-corrected chi connectivity index (χ3v) is 7.59. The summed E-state index contributed by atoms with van der Waals surface area (Å²) in [5, 5.41) is 22.8. The molecule has 40 heavy (non-hydrogen) atoms. The Bertz CT molecular complexity index is 1440. The Hall–Kier alpha value is -4.46. The molecule has 2 aromatic carbocycles. The van der Waals surface area contributed by atoms with E-state index in [2.05, 4.69) is 5.10 Å². The van der Waals surface area contributed by atoms with Crippen molar-refractivity contribution >= 4 is 45.7 Å². The molecular formula is C26H31FN6O6S. The first-order chi connectivity index (χ1) is 18.9. The fraction of sp³-hybridized carbons (Fsp3) is 0.308. The van der Waals surface area contributed by atoms with Gasteiger partial charge in [-0.15, -0.1) is 0 Å². The molecule has 0 unspecified atom stereocenters. The molecule has 0 atom stereocenters. The molecule has 1 fully saturated rings. The van der Waals surface area contributed by atoms with E-state index in [9.17, 15) is 18.0 Å². The van der Waals surface area contributed by atoms with E-state index in [1.54, 1.807) is 18.3 Å². The summed E-state index contributed by atoms with van der Waals surface area (Å²) in [6.07, 6.45) is 3.73. The second kappa shape index (κ2) is 13.1. The number of amides is 1. The number of nitrogens with one attached hydrogen (secondary N) is 1. The lowest BCUT2D eigenvalue weighted by molar-refractivity contribution is -0.134. The lowest BCUT2D eigenvalue weighted by Crippen LogP contribution is -2.37. The number of nitrogen functional groups attached to an aromatic ring is 1. The second-order valence-corrected chi connectivity index (χ2v) is 10.9. The van der Waals surface area contributed by atoms with Crippen molar-refractivity contribution in [1.29, 1.82) is 5.41 Å². The van der Waals surface area contributed by atoms with E-state index >= 15 is 4.39 Å². The predicted molar refractivity (Wildman–Crippen MR) is 150 cm³/mol. The standard InChI is InChI=1S/C26H31FN6O6S/c1-2-31-32-10-8-21(9-11-32)39-23-7-6-20(14-22(23)26(30)36)33(40(37,38)16-24(34)35)15-19(27)13-17-4-3-5-18(12-17)25(28)29/h2-7,12-14,21H,8-11,15-16H2,1H3,(H3,28,29)(H2,30,36)(H,34,35)/b19-13-,31-2+. The monoisotopic (exact) mass is 574 g/mol. The molecule has 2 aromatic rings. The number of piperidine rings is 1. The number of carboxylic acids is 1. The number of hydrazone groups is 1. The molecule has 6 N–H and O–H groups in total. The quantitative estimate of drug-likeness (QED) is 0.219. The van der Waals surface area contributed by atoms with Crippen LogP contribution in [0.15, 0.2) is 53.4 Å². The van der Waals surface area contributed by atoms with Crippen LogP contribution in [0.1, 0.15) is 41.3 Å². The number of aliphatic carboxylic acids is 1. The number of amidine groups is 1. The number of carbonyl (C=O) groups excluding carboxylic acids is 1. The maximum Gasteiger partial charge on any atom is 0.320 e. The predicted octanol–water partition coefficient (Wildman–Crippen LogP) is 2.15. The molecule has 1 aliphatic heterocycles. The van der Waals surface area contributed by atoms with Gasteiger partial charge in [0, 0.05) is 37.7 Å². The fourth-order valence-electron chi connectivity index (χ4n) is 4.13. The smallest absolute Gasteiger partial charge is 0.320 e. The van der Waals surface area contributed by atoms with Crippen LogP contribution in [-0.2, 0) is 14.8 Å². The molecule has 1 amide bonds. The first kappa shape index (κ1) is 30.1. The van der Waals surface area contributed by atoms with Gasteiger partial charge in [0.2, 0.25) is 10.0 Å². The van der Waals surface area contributed by atoms with Crippen LogP contribution in [0.4, 0.5) is 10.1 Å². The average molecular weight is 575 g/mol. The number of ether oxygens (including phenoxy) is 1. The molecule has 0 bridgehead atoms. The number of carboxylic acid groups (broad SMARTS) is 1. The van der Waals surface area contributed by atoms with E-state index in [1.165, 1.54) is 24.3 Å². The molecule has 14 heteroatoms. The van der Waals surface area contributed by atoms with E-state index in [0.717, 1.165) is 12.1 Å². The van der Waals surface area contributed by atoms with Crippen LogP contribution >= 0.6 is 0 Å². The molecule has 12 nitrogen and oxygen atoms in total. The van der Waals surface area contributed by atoms with E-state index in [1.807, 2.05) is 11.9 Å². The normalized spacial score (nSPS) is 14.8. The van der Waals surface area contributed by atoms with Gasteiger partial charge in [0.05, 0.1) is 17.8 Å². The number of nitrogens with two attached hydrogens (primary N) is 2. The minimum Gasteiger partial charge on any atom is -0.489 e. The zero-order valence-corrected chi connectivity index (χ0v) is 22.6. The van der Waals surface area contributed by atoms with Crippen LogP contribution in [-0.4, -0.2) is 74.0 Å². The third-order valence-electron chi connectivity index (χ3n) is 5.96. The van der Waals surface area contributed by atoms with Gasteiger partial charge in [-0.2, -0.15) is 5.10 Å². The molecule has 1 saturated heterocycles. The highest BCUT2D eigenvalue weighted by Gasteiger charge is 2.29. The Labute approximate surface area is 231 Å². The van der Waals surface area contributed by atoms with Gasteiger partial charge in [-0.1, -0.05) is 18.2 Å². The molecule has 214 valence electrons. The number of nitrogens with zero attached hydrogens (tertiary/aromatic N) is 3. The van der Waals surface area contributed by atoms with Crippen LogP contribution in [0.5, 0.6) is 5.75 Å². The van der Waals surface area contributed by atoms with Crippen molar-refractivity contribution in [1.82, 2.24) is 5.01 Å². The molecule has 0 spiro atoms. The van der Waals surface area contributed by atoms with Crippen molar-refractivity contribution in [2.45, 2.75) is 25.9 Å². The van der Waals surface area contributed by atoms with E-state index in [0.29, 0.717) is 41.4 Å². The highest BCUT2D eigenvalue weighted by molar-refractivity contribution is 7.93. The molecule has 1 heterocycles. The minimum atomic E-state index is -4.59. The van der Waals surface area contributed by atoms with Gasteiger partial charge in [-0.05, 0) is 42.8 Å². The van der Waals surface area contributed by atoms with Crippen LogP contribution in [0.2, 0.25) is 0 Å². The number of hydrogen-bond acceptors (Lipinski definition) is 8. The van der Waals surface area contributed by atoms with Crippen molar-refractivity contribution in [3.05, 3.63) is 65.0 Å². The Morgan fingerprint density at radius 1 is 1.23 bits per heavy atom. The van der Waals surface area contributed by atoms with E-state index in [-0.39, 0.29) is 28.9 Å². The SMILES string of the molecule is C/C=N/N1CCC(Oc2ccc(N(C/C(F)=C/c3cccc(C(=N)N)c3)S(=O)(=O)CC(=O)O)cc2C(N)=O)CC1. The van der Waals surface area contributed by atoms with Gasteiger partial charge in [0.1, 0.15) is 23.5 Å². The van der Waals surface area contributed by atoms with E-state index in [4.69, 9.17) is 26.7 Å². The van der Waals surface area contributed by atoms with Crippen molar-refractivity contribution in [3.63, 3.8) is 0 Å². The highest BCUT2D eigenvalue weighted by atomic mass is 32.2. The van der Waals surface area contributed by atoms with Gasteiger partial charge >= 0.3 is 5.97 Å². The van der Waals surface area contributed by atoms with Crippen molar-refractivity contribution in [2.75, 3.05) is 29.7 Å². The maximum absolute atomic E-state index is 15.2. The molecule has 0 radical (unpaired) electrons. The number of rotatable bonds is 12. The third kappa shape index (κ3) is 8.02.